The van der Waals surface area contributed by atoms with Gasteiger partial charge in [0.15, 0.2) is 0 Å². The van der Waals surface area contributed by atoms with E-state index in [0.29, 0.717) is 40.8 Å². The van der Waals surface area contributed by atoms with Crippen molar-refractivity contribution in [2.45, 2.75) is 64.5 Å². The van der Waals surface area contributed by atoms with E-state index in [2.05, 4.69) is 71.9 Å². The topological polar surface area (TPSA) is 105 Å². The zero-order valence-electron chi connectivity index (χ0n) is 28.2. The lowest BCUT2D eigenvalue weighted by atomic mass is 10.0. The van der Waals surface area contributed by atoms with E-state index in [0.717, 1.165) is 79.7 Å². The van der Waals surface area contributed by atoms with Crippen LogP contribution in [0.5, 0.6) is 0 Å². The Morgan fingerprint density at radius 3 is 2.56 bits per heavy atom. The minimum absolute atomic E-state index is 0.0673. The Kier molecular flexibility index (Phi) is 11.2. The number of hydrogen-bond donors (Lipinski definition) is 2. The van der Waals surface area contributed by atoms with E-state index in [9.17, 15) is 23.2 Å². The number of likely N-dealkylation sites (tertiary alicyclic amines) is 1. The van der Waals surface area contributed by atoms with Crippen LogP contribution in [0.4, 0.5) is 24.9 Å². The lowest BCUT2D eigenvalue weighted by Gasteiger charge is -2.33. The molecule has 1 aliphatic heterocycles. The molecule has 3 aromatic heterocycles. The van der Waals surface area contributed by atoms with Crippen molar-refractivity contribution < 1.29 is 18.0 Å². The minimum Gasteiger partial charge on any atom is -0.367 e. The highest BCUT2D eigenvalue weighted by Gasteiger charge is 2.30. The van der Waals surface area contributed by atoms with Crippen LogP contribution in [-0.4, -0.2) is 108 Å². The van der Waals surface area contributed by atoms with Gasteiger partial charge < -0.3 is 24.9 Å². The molecule has 1 aromatic carbocycles. The molecular weight excluding hydrogens is 639 g/mol. The Morgan fingerprint density at radius 2 is 1.92 bits per heavy atom. The highest BCUT2D eigenvalue weighted by atomic mass is 32.1. The molecular formula is C34H44F3N9OS. The summed E-state index contributed by atoms with van der Waals surface area (Å²) in [7, 11) is 5.72. The first kappa shape index (κ1) is 35.5. The molecule has 0 radical (unpaired) electrons. The van der Waals surface area contributed by atoms with E-state index in [1.165, 1.54) is 5.56 Å². The third kappa shape index (κ3) is 8.44. The van der Waals surface area contributed by atoms with Gasteiger partial charge in [0.25, 0.3) is 0 Å². The van der Waals surface area contributed by atoms with Crippen LogP contribution in [-0.2, 0) is 24.3 Å². The molecule has 14 heteroatoms. The summed E-state index contributed by atoms with van der Waals surface area (Å²) in [5, 5.41) is 18.1. The number of carbonyl (C=O) groups excluding carboxylic acids is 1. The van der Waals surface area contributed by atoms with Crippen molar-refractivity contribution in [2.24, 2.45) is 0 Å². The molecule has 1 atom stereocenters. The van der Waals surface area contributed by atoms with Crippen molar-refractivity contribution in [3.8, 4) is 6.07 Å². The second-order valence-electron chi connectivity index (χ2n) is 12.9. The van der Waals surface area contributed by atoms with Gasteiger partial charge in [-0.3, -0.25) is 9.80 Å². The van der Waals surface area contributed by atoms with Gasteiger partial charge in [-0.15, -0.1) is 11.3 Å². The smallest absolute Gasteiger partial charge is 0.367 e. The van der Waals surface area contributed by atoms with Crippen LogP contribution >= 0.6 is 11.3 Å². The maximum Gasteiger partial charge on any atom is 0.393 e. The molecule has 0 saturated carbocycles. The molecule has 0 aliphatic carbocycles. The zero-order valence-corrected chi connectivity index (χ0v) is 29.0. The van der Waals surface area contributed by atoms with Crippen molar-refractivity contribution >= 4 is 50.5 Å². The number of rotatable bonds is 14. The Labute approximate surface area is 283 Å². The Balaban J connectivity index is 1.26. The molecule has 0 unspecified atom stereocenters. The second kappa shape index (κ2) is 15.2. The standard InChI is InChI=1S/C34H44F3N9OS/c1-22(45(14-15-47)13-12-43(4)5)20-46-26(19-38)16-28-23(2)24(6-7-30(28)46)21-44-10-8-25(9-11-44)40-31-29-17-27(18-34(35,36)37)48-32(29)42-33(39-3)41-31/h6-7,15-17,22,25H,8-14,18,20-21H2,1-5H3,(H2,39,40,41,42)/t22-/m0/s1. The summed E-state index contributed by atoms with van der Waals surface area (Å²) in [5.74, 6) is 0.937. The Bertz CT molecular complexity index is 1770. The third-order valence-corrected chi connectivity index (χ3v) is 10.2. The van der Waals surface area contributed by atoms with Gasteiger partial charge in [-0.1, -0.05) is 6.07 Å². The van der Waals surface area contributed by atoms with E-state index >= 15 is 0 Å². The number of nitrogens with one attached hydrogen (secondary N) is 2. The quantitative estimate of drug-likeness (QED) is 0.167. The molecule has 1 saturated heterocycles. The largest absolute Gasteiger partial charge is 0.393 e. The summed E-state index contributed by atoms with van der Waals surface area (Å²) in [6.07, 6.45) is -2.60. The van der Waals surface area contributed by atoms with Gasteiger partial charge in [-0.05, 0) is 70.1 Å². The molecule has 4 aromatic rings. The number of benzene rings is 1. The van der Waals surface area contributed by atoms with E-state index in [1.807, 2.05) is 20.2 Å². The van der Waals surface area contributed by atoms with Crippen molar-refractivity contribution in [1.29, 1.82) is 5.26 Å². The van der Waals surface area contributed by atoms with Crippen LogP contribution in [0.1, 0.15) is 41.5 Å². The van der Waals surface area contributed by atoms with Crippen molar-refractivity contribution in [3.05, 3.63) is 46.0 Å². The lowest BCUT2D eigenvalue weighted by Crippen LogP contribution is -2.41. The number of hydrogen-bond acceptors (Lipinski definition) is 10. The molecule has 4 heterocycles. The molecule has 0 spiro atoms. The average molecular weight is 684 g/mol. The third-order valence-electron chi connectivity index (χ3n) is 9.16. The fraction of sp³-hybridized carbons (Fsp3) is 0.529. The molecule has 2 N–H and O–H groups in total. The number of aryl methyl sites for hydroxylation is 1. The van der Waals surface area contributed by atoms with Gasteiger partial charge in [0.05, 0.1) is 18.4 Å². The Morgan fingerprint density at radius 1 is 1.17 bits per heavy atom. The predicted octanol–water partition coefficient (Wildman–Crippen LogP) is 5.50. The van der Waals surface area contributed by atoms with Crippen molar-refractivity contribution in [3.63, 3.8) is 0 Å². The maximum atomic E-state index is 13.1. The number of fused-ring (bicyclic) bond motifs is 2. The van der Waals surface area contributed by atoms with E-state index in [4.69, 9.17) is 0 Å². The monoisotopic (exact) mass is 683 g/mol. The van der Waals surface area contributed by atoms with Gasteiger partial charge in [0.1, 0.15) is 28.7 Å². The summed E-state index contributed by atoms with van der Waals surface area (Å²) >= 11 is 1.05. The summed E-state index contributed by atoms with van der Waals surface area (Å²) in [5.41, 5.74) is 4.00. The van der Waals surface area contributed by atoms with Crippen molar-refractivity contribution in [2.75, 3.05) is 64.5 Å². The number of thiophene rings is 1. The van der Waals surface area contributed by atoms with Crippen LogP contribution in [0, 0.1) is 18.3 Å². The first-order chi connectivity index (χ1) is 22.9. The maximum absolute atomic E-state index is 13.1. The molecule has 1 fully saturated rings. The summed E-state index contributed by atoms with van der Waals surface area (Å²) in [6, 6.07) is 10.4. The molecule has 5 rings (SSSR count). The number of piperidine rings is 1. The molecule has 10 nitrogen and oxygen atoms in total. The van der Waals surface area contributed by atoms with Crippen LogP contribution in [0.25, 0.3) is 21.1 Å². The zero-order chi connectivity index (χ0) is 34.6. The first-order valence-electron chi connectivity index (χ1n) is 16.3. The number of nitrogens with zero attached hydrogens (tertiary/aromatic N) is 7. The van der Waals surface area contributed by atoms with Crippen LogP contribution in [0.15, 0.2) is 24.3 Å². The Hall–Kier alpha value is -3.77. The first-order valence-corrected chi connectivity index (χ1v) is 17.1. The number of nitriles is 1. The summed E-state index contributed by atoms with van der Waals surface area (Å²) in [6.45, 7) is 9.27. The number of halogens is 3. The number of carbonyl (C=O) groups is 1. The van der Waals surface area contributed by atoms with Gasteiger partial charge in [-0.2, -0.15) is 23.4 Å². The highest BCUT2D eigenvalue weighted by molar-refractivity contribution is 7.18. The second-order valence-corrected chi connectivity index (χ2v) is 14.0. The van der Waals surface area contributed by atoms with Crippen molar-refractivity contribution in [1.82, 2.24) is 29.2 Å². The SMILES string of the molecule is CNc1nc(NC2CCN(Cc3ccc4c(cc(C#N)n4C[C@H](C)N(CC=O)CCN(C)C)c3C)CC2)c2cc(CC(F)(F)F)sc2n1. The highest BCUT2D eigenvalue weighted by Crippen LogP contribution is 2.35. The van der Waals surface area contributed by atoms with E-state index < -0.39 is 12.6 Å². The molecule has 0 amide bonds. The fourth-order valence-electron chi connectivity index (χ4n) is 6.42. The molecule has 258 valence electrons. The number of alkyl halides is 3. The van der Waals surface area contributed by atoms with Gasteiger partial charge >= 0.3 is 6.18 Å². The summed E-state index contributed by atoms with van der Waals surface area (Å²) < 4.78 is 41.3. The van der Waals surface area contributed by atoms with E-state index in [1.54, 1.807) is 13.1 Å². The van der Waals surface area contributed by atoms with Gasteiger partial charge in [-0.25, -0.2) is 4.98 Å². The number of anilines is 2. The van der Waals surface area contributed by atoms with Crippen LogP contribution in [0.2, 0.25) is 0 Å². The number of aldehydes is 1. The summed E-state index contributed by atoms with van der Waals surface area (Å²) in [4.78, 5) is 27.8. The number of aromatic nitrogens is 3. The minimum atomic E-state index is -4.28. The molecule has 0 bridgehead atoms. The molecule has 48 heavy (non-hydrogen) atoms. The van der Waals surface area contributed by atoms with Crippen LogP contribution < -0.4 is 10.6 Å². The van der Waals surface area contributed by atoms with Gasteiger partial charge in [0, 0.05) is 74.2 Å². The number of likely N-dealkylation sites (N-methyl/N-ethyl adjacent to an activating group) is 1. The predicted molar refractivity (Wildman–Crippen MR) is 186 cm³/mol. The van der Waals surface area contributed by atoms with Crippen LogP contribution in [0.3, 0.4) is 0 Å². The lowest BCUT2D eigenvalue weighted by molar-refractivity contribution is -0.126. The van der Waals surface area contributed by atoms with Gasteiger partial charge in [0.2, 0.25) is 5.95 Å². The fourth-order valence-corrected chi connectivity index (χ4v) is 7.48. The average Bonchev–Trinajstić information content (AvgIpc) is 3.61. The molecule has 1 aliphatic rings. The van der Waals surface area contributed by atoms with E-state index in [-0.39, 0.29) is 17.0 Å². The normalized spacial score (nSPS) is 15.4.